The summed E-state index contributed by atoms with van der Waals surface area (Å²) >= 11 is 0. The van der Waals surface area contributed by atoms with E-state index in [4.69, 9.17) is 0 Å². The van der Waals surface area contributed by atoms with Gasteiger partial charge in [0.15, 0.2) is 0 Å². The van der Waals surface area contributed by atoms with Crippen LogP contribution < -0.4 is 0 Å². The predicted octanol–water partition coefficient (Wildman–Crippen LogP) is 3.46. The fraction of sp³-hybridized carbons (Fsp3) is 0.450. The fourth-order valence-electron chi connectivity index (χ4n) is 4.21. The molecule has 0 spiro atoms. The van der Waals surface area contributed by atoms with E-state index in [0.29, 0.717) is 24.1 Å². The summed E-state index contributed by atoms with van der Waals surface area (Å²) < 4.78 is 27.2. The molecule has 5 heteroatoms. The first-order valence-corrected chi connectivity index (χ1v) is 8.96. The Hall–Kier alpha value is -1.85. The molecule has 1 aromatic heterocycles. The molecule has 3 nitrogen and oxygen atoms in total. The van der Waals surface area contributed by atoms with Gasteiger partial charge in [-0.2, -0.15) is 0 Å². The molecule has 3 saturated heterocycles. The first-order chi connectivity index (χ1) is 12.2. The highest BCUT2D eigenvalue weighted by molar-refractivity contribution is 5.19. The second kappa shape index (κ2) is 7.18. The topological polar surface area (TPSA) is 19.4 Å². The lowest BCUT2D eigenvalue weighted by Crippen LogP contribution is -2.43. The van der Waals surface area contributed by atoms with E-state index in [9.17, 15) is 8.78 Å². The van der Waals surface area contributed by atoms with Gasteiger partial charge in [-0.1, -0.05) is 6.07 Å². The van der Waals surface area contributed by atoms with Gasteiger partial charge in [-0.25, -0.2) is 8.78 Å². The number of rotatable bonds is 4. The zero-order chi connectivity index (χ0) is 17.2. The monoisotopic (exact) mass is 343 g/mol. The van der Waals surface area contributed by atoms with Crippen molar-refractivity contribution in [1.82, 2.24) is 14.8 Å². The zero-order valence-corrected chi connectivity index (χ0v) is 14.2. The summed E-state index contributed by atoms with van der Waals surface area (Å²) in [6.07, 6.45) is 6.07. The van der Waals surface area contributed by atoms with Crippen molar-refractivity contribution >= 4 is 0 Å². The number of pyridine rings is 1. The molecule has 4 heterocycles. The number of nitrogens with zero attached hydrogens (tertiary/aromatic N) is 3. The third-order valence-corrected chi connectivity index (χ3v) is 5.45. The number of fused-ring (bicyclic) bond motifs is 4. The lowest BCUT2D eigenvalue weighted by Gasteiger charge is -2.36. The molecule has 0 radical (unpaired) electrons. The van der Waals surface area contributed by atoms with Crippen LogP contribution in [0, 0.1) is 17.6 Å². The molecule has 3 aliphatic rings. The average Bonchev–Trinajstić information content (AvgIpc) is 2.89. The second-order valence-electron chi connectivity index (χ2n) is 7.31. The van der Waals surface area contributed by atoms with E-state index in [0.717, 1.165) is 38.7 Å². The highest BCUT2D eigenvalue weighted by Crippen LogP contribution is 2.30. The maximum atomic E-state index is 14.0. The first-order valence-electron chi connectivity index (χ1n) is 8.96. The van der Waals surface area contributed by atoms with Crippen molar-refractivity contribution in [3.05, 3.63) is 65.5 Å². The second-order valence-corrected chi connectivity index (χ2v) is 7.31. The molecule has 25 heavy (non-hydrogen) atoms. The fourth-order valence-corrected chi connectivity index (χ4v) is 4.21. The van der Waals surface area contributed by atoms with E-state index in [-0.39, 0.29) is 0 Å². The van der Waals surface area contributed by atoms with Gasteiger partial charge in [-0.05, 0) is 42.5 Å². The third kappa shape index (κ3) is 3.88. The van der Waals surface area contributed by atoms with Gasteiger partial charge in [-0.15, -0.1) is 0 Å². The van der Waals surface area contributed by atoms with Crippen molar-refractivity contribution in [1.29, 1.82) is 0 Å². The molecule has 3 fully saturated rings. The molecule has 5 rings (SSSR count). The zero-order valence-electron chi connectivity index (χ0n) is 14.2. The van der Waals surface area contributed by atoms with Crippen LogP contribution in [0.3, 0.4) is 0 Å². The highest BCUT2D eigenvalue weighted by atomic mass is 19.1. The van der Waals surface area contributed by atoms with Gasteiger partial charge < -0.3 is 0 Å². The molecular formula is C20H23F2N3. The SMILES string of the molecule is Fc1ccc(CN2C[C@@H]3CC[C@H]2CN(Cc2ccncc2)C3)c(F)c1. The number of hydrogen-bond donors (Lipinski definition) is 0. The van der Waals surface area contributed by atoms with Gasteiger partial charge in [-0.3, -0.25) is 14.8 Å². The summed E-state index contributed by atoms with van der Waals surface area (Å²) in [7, 11) is 0. The molecule has 1 aromatic carbocycles. The first kappa shape index (κ1) is 16.6. The van der Waals surface area contributed by atoms with Crippen molar-refractivity contribution < 1.29 is 8.78 Å². The van der Waals surface area contributed by atoms with Gasteiger partial charge in [0.2, 0.25) is 0 Å². The highest BCUT2D eigenvalue weighted by Gasteiger charge is 2.34. The Morgan fingerprint density at radius 2 is 1.80 bits per heavy atom. The van der Waals surface area contributed by atoms with Gasteiger partial charge >= 0.3 is 0 Å². The summed E-state index contributed by atoms with van der Waals surface area (Å²) in [4.78, 5) is 8.98. The van der Waals surface area contributed by atoms with E-state index in [1.54, 1.807) is 6.07 Å². The van der Waals surface area contributed by atoms with Gasteiger partial charge in [0, 0.05) is 62.8 Å². The molecular weight excluding hydrogens is 320 g/mol. The van der Waals surface area contributed by atoms with Crippen molar-refractivity contribution in [3.8, 4) is 0 Å². The van der Waals surface area contributed by atoms with E-state index >= 15 is 0 Å². The van der Waals surface area contributed by atoms with Gasteiger partial charge in [0.05, 0.1) is 0 Å². The van der Waals surface area contributed by atoms with Gasteiger partial charge in [0.1, 0.15) is 11.6 Å². The van der Waals surface area contributed by atoms with Crippen LogP contribution in [0.2, 0.25) is 0 Å². The minimum Gasteiger partial charge on any atom is -0.297 e. The predicted molar refractivity (Wildman–Crippen MR) is 92.8 cm³/mol. The van der Waals surface area contributed by atoms with Gasteiger partial charge in [0.25, 0.3) is 0 Å². The normalized spacial score (nSPS) is 24.4. The summed E-state index contributed by atoms with van der Waals surface area (Å²) in [6.45, 7) is 4.59. The Bertz CT molecular complexity index is 722. The van der Waals surface area contributed by atoms with Crippen molar-refractivity contribution in [3.63, 3.8) is 0 Å². The van der Waals surface area contributed by atoms with Crippen LogP contribution >= 0.6 is 0 Å². The van der Waals surface area contributed by atoms with Crippen LogP contribution in [-0.4, -0.2) is 40.5 Å². The van der Waals surface area contributed by atoms with Crippen molar-refractivity contribution in [2.24, 2.45) is 5.92 Å². The lowest BCUT2D eigenvalue weighted by molar-refractivity contribution is 0.121. The standard InChI is InChI=1S/C20H23F2N3/c21-18-3-2-17(20(22)9-18)13-25-12-16-1-4-19(25)14-24(11-16)10-15-5-7-23-8-6-15/h2-3,5-9,16,19H,1,4,10-14H2/t16-,19+/m1/s1. The molecule has 0 amide bonds. The van der Waals surface area contributed by atoms with Crippen LogP contribution in [0.1, 0.15) is 24.0 Å². The Labute approximate surface area is 147 Å². The van der Waals surface area contributed by atoms with Crippen LogP contribution in [-0.2, 0) is 13.1 Å². The Morgan fingerprint density at radius 3 is 2.60 bits per heavy atom. The number of halogens is 2. The van der Waals surface area contributed by atoms with E-state index in [2.05, 4.69) is 26.9 Å². The molecule has 0 aliphatic carbocycles. The molecule has 0 unspecified atom stereocenters. The Balaban J connectivity index is 1.46. The minimum absolute atomic E-state index is 0.435. The summed E-state index contributed by atoms with van der Waals surface area (Å²) in [6, 6.07) is 8.49. The molecule has 2 bridgehead atoms. The number of hydrogen-bond acceptors (Lipinski definition) is 3. The largest absolute Gasteiger partial charge is 0.297 e. The van der Waals surface area contributed by atoms with Crippen LogP contribution in [0.15, 0.2) is 42.7 Å². The average molecular weight is 343 g/mol. The number of aromatic nitrogens is 1. The van der Waals surface area contributed by atoms with Crippen LogP contribution in [0.25, 0.3) is 0 Å². The molecule has 2 aromatic rings. The van der Waals surface area contributed by atoms with E-state index in [1.165, 1.54) is 18.1 Å². The summed E-state index contributed by atoms with van der Waals surface area (Å²) in [5.41, 5.74) is 1.88. The van der Waals surface area contributed by atoms with E-state index < -0.39 is 11.6 Å². The lowest BCUT2D eigenvalue weighted by atomic mass is 9.94. The maximum Gasteiger partial charge on any atom is 0.130 e. The third-order valence-electron chi connectivity index (χ3n) is 5.45. The maximum absolute atomic E-state index is 14.0. The minimum atomic E-state index is -0.512. The summed E-state index contributed by atoms with van der Waals surface area (Å²) in [5, 5.41) is 0. The molecule has 0 saturated carbocycles. The molecule has 132 valence electrons. The quantitative estimate of drug-likeness (QED) is 0.848. The van der Waals surface area contributed by atoms with Crippen LogP contribution in [0.4, 0.5) is 8.78 Å². The Kier molecular flexibility index (Phi) is 4.77. The van der Waals surface area contributed by atoms with Crippen LogP contribution in [0.5, 0.6) is 0 Å². The summed E-state index contributed by atoms with van der Waals surface area (Å²) in [5.74, 6) is -0.333. The van der Waals surface area contributed by atoms with Crippen molar-refractivity contribution in [2.45, 2.75) is 32.0 Å². The molecule has 2 atom stereocenters. The molecule has 0 N–H and O–H groups in total. The van der Waals surface area contributed by atoms with E-state index in [1.807, 2.05) is 12.4 Å². The van der Waals surface area contributed by atoms with Crippen molar-refractivity contribution in [2.75, 3.05) is 19.6 Å². The Morgan fingerprint density at radius 1 is 0.960 bits per heavy atom. The smallest absolute Gasteiger partial charge is 0.130 e. The number of benzene rings is 1. The number of piperidine rings is 1. The molecule has 3 aliphatic heterocycles.